The largest absolute Gasteiger partial charge is 2.00 e. The molecule has 0 saturated carbocycles. The zero-order valence-corrected chi connectivity index (χ0v) is 5.48. The van der Waals surface area contributed by atoms with Gasteiger partial charge in [-0.15, -0.1) is 0 Å². The molecule has 0 aromatic rings. The summed E-state index contributed by atoms with van der Waals surface area (Å²) in [7, 11) is 0. The van der Waals surface area contributed by atoms with Crippen molar-refractivity contribution in [2.24, 2.45) is 0 Å². The molecule has 1 heteroatoms. The molecular weight excluding hydrogens is 88.1 g/mol. The van der Waals surface area contributed by atoms with Gasteiger partial charge in [-0.1, -0.05) is 25.3 Å². The Morgan fingerprint density at radius 3 is 1.40 bits per heavy atom. The van der Waals surface area contributed by atoms with Crippen LogP contribution in [0.3, 0.4) is 0 Å². The molecule has 0 unspecified atom stereocenters. The quantitative estimate of drug-likeness (QED) is 0.340. The van der Waals surface area contributed by atoms with E-state index in [1.807, 2.05) is 0 Å². The molecule has 0 atom stereocenters. The van der Waals surface area contributed by atoms with Crippen LogP contribution < -0.4 is 0 Å². The maximum absolute atomic E-state index is 3.36. The average molecular weight is 96.2 g/mol. The fourth-order valence-corrected chi connectivity index (χ4v) is 0. The van der Waals surface area contributed by atoms with E-state index in [4.69, 9.17) is 0 Å². The van der Waals surface area contributed by atoms with Gasteiger partial charge in [0.15, 0.2) is 0 Å². The van der Waals surface area contributed by atoms with E-state index in [1.54, 1.807) is 12.2 Å². The minimum absolute atomic E-state index is 0. The number of allylic oxidation sites excluding steroid dienone is 2. The SMILES string of the molecule is C=CC=C.[Ca+2].[H-].[H-]. The molecule has 0 N–H and O–H groups in total. The first kappa shape index (κ1) is 9.22. The molecule has 5 heavy (non-hydrogen) atoms. The zero-order chi connectivity index (χ0) is 3.41. The first-order valence-corrected chi connectivity index (χ1v) is 1.15. The van der Waals surface area contributed by atoms with E-state index in [1.165, 1.54) is 0 Å². The Balaban J connectivity index is -0.0000000150. The van der Waals surface area contributed by atoms with Crippen LogP contribution in [0.4, 0.5) is 0 Å². The molecule has 0 saturated heterocycles. The van der Waals surface area contributed by atoms with Gasteiger partial charge in [-0.25, -0.2) is 0 Å². The molecule has 0 aliphatic rings. The van der Waals surface area contributed by atoms with Crippen molar-refractivity contribution in [2.75, 3.05) is 0 Å². The molecular formula is C4H8Ca. The Morgan fingerprint density at radius 1 is 1.20 bits per heavy atom. The Bertz CT molecular complexity index is 30.7. The van der Waals surface area contributed by atoms with Crippen molar-refractivity contribution < 1.29 is 2.85 Å². The van der Waals surface area contributed by atoms with Crippen LogP contribution in [0.2, 0.25) is 0 Å². The molecule has 0 aliphatic heterocycles. The third-order valence-corrected chi connectivity index (χ3v) is 0.167. The Labute approximate surface area is 65.5 Å². The molecule has 0 nitrogen and oxygen atoms in total. The summed E-state index contributed by atoms with van der Waals surface area (Å²) >= 11 is 0. The van der Waals surface area contributed by atoms with Crippen LogP contribution in [0.15, 0.2) is 25.3 Å². The normalized spacial score (nSPS) is 4.00. The van der Waals surface area contributed by atoms with Crippen molar-refractivity contribution in [1.29, 1.82) is 0 Å². The predicted molar refractivity (Wildman–Crippen MR) is 28.4 cm³/mol. The van der Waals surface area contributed by atoms with Crippen molar-refractivity contribution in [3.8, 4) is 0 Å². The summed E-state index contributed by atoms with van der Waals surface area (Å²) in [6, 6.07) is 0. The summed E-state index contributed by atoms with van der Waals surface area (Å²) in [4.78, 5) is 0. The second kappa shape index (κ2) is 8.83. The van der Waals surface area contributed by atoms with E-state index >= 15 is 0 Å². The van der Waals surface area contributed by atoms with E-state index in [9.17, 15) is 0 Å². The third-order valence-electron chi connectivity index (χ3n) is 0.167. The van der Waals surface area contributed by atoms with Gasteiger partial charge in [0.05, 0.1) is 0 Å². The molecule has 0 fully saturated rings. The summed E-state index contributed by atoms with van der Waals surface area (Å²) in [6.07, 6.45) is 3.28. The van der Waals surface area contributed by atoms with Gasteiger partial charge in [0.2, 0.25) is 0 Å². The van der Waals surface area contributed by atoms with E-state index in [0.717, 1.165) is 0 Å². The topological polar surface area (TPSA) is 0 Å². The smallest absolute Gasteiger partial charge is 1.00 e. The van der Waals surface area contributed by atoms with Crippen molar-refractivity contribution in [3.05, 3.63) is 25.3 Å². The van der Waals surface area contributed by atoms with Crippen LogP contribution in [-0.4, -0.2) is 37.7 Å². The molecule has 0 aliphatic carbocycles. The Morgan fingerprint density at radius 2 is 1.40 bits per heavy atom. The standard InChI is InChI=1S/C4H6.Ca.2H/c1-3-4-2;;;/h3-4H,1-2H2;;;/q;+2;2*-1. The van der Waals surface area contributed by atoms with E-state index in [2.05, 4.69) is 13.2 Å². The van der Waals surface area contributed by atoms with Crippen LogP contribution in [0, 0.1) is 0 Å². The van der Waals surface area contributed by atoms with E-state index in [-0.39, 0.29) is 40.6 Å². The molecule has 0 bridgehead atoms. The van der Waals surface area contributed by atoms with Crippen LogP contribution in [0.25, 0.3) is 0 Å². The number of hydrogen-bond donors (Lipinski definition) is 0. The fraction of sp³-hybridized carbons (Fsp3) is 0. The van der Waals surface area contributed by atoms with Gasteiger partial charge in [0.25, 0.3) is 0 Å². The minimum atomic E-state index is 0. The van der Waals surface area contributed by atoms with Crippen LogP contribution in [-0.2, 0) is 0 Å². The van der Waals surface area contributed by atoms with E-state index in [0.29, 0.717) is 0 Å². The summed E-state index contributed by atoms with van der Waals surface area (Å²) < 4.78 is 0. The molecule has 0 aromatic heterocycles. The Kier molecular flexibility index (Phi) is 16.3. The summed E-state index contributed by atoms with van der Waals surface area (Å²) in [5, 5.41) is 0. The molecule has 0 spiro atoms. The van der Waals surface area contributed by atoms with Crippen LogP contribution >= 0.6 is 0 Å². The monoisotopic (exact) mass is 96.0 g/mol. The summed E-state index contributed by atoms with van der Waals surface area (Å²) in [5.41, 5.74) is 0. The molecule has 0 rings (SSSR count). The third kappa shape index (κ3) is 11.8. The van der Waals surface area contributed by atoms with Crippen LogP contribution in [0.1, 0.15) is 2.85 Å². The molecule has 0 amide bonds. The minimum Gasteiger partial charge on any atom is -1.00 e. The molecule has 0 heterocycles. The van der Waals surface area contributed by atoms with Crippen molar-refractivity contribution in [2.45, 2.75) is 0 Å². The van der Waals surface area contributed by atoms with Crippen LogP contribution in [0.5, 0.6) is 0 Å². The second-order valence-corrected chi connectivity index (χ2v) is 0.471. The second-order valence-electron chi connectivity index (χ2n) is 0.471. The van der Waals surface area contributed by atoms with Gasteiger partial charge < -0.3 is 2.85 Å². The fourth-order valence-electron chi connectivity index (χ4n) is 0. The maximum Gasteiger partial charge on any atom is 2.00 e. The van der Waals surface area contributed by atoms with Gasteiger partial charge in [-0.3, -0.25) is 0 Å². The molecule has 0 radical (unpaired) electrons. The first-order chi connectivity index (χ1) is 1.91. The van der Waals surface area contributed by atoms with Gasteiger partial charge in [-0.05, 0) is 0 Å². The number of hydrogen-bond acceptors (Lipinski definition) is 0. The van der Waals surface area contributed by atoms with Crippen molar-refractivity contribution >= 4 is 37.7 Å². The van der Waals surface area contributed by atoms with Gasteiger partial charge in [-0.2, -0.15) is 0 Å². The predicted octanol–water partition coefficient (Wildman–Crippen LogP) is 1.20. The van der Waals surface area contributed by atoms with Gasteiger partial charge in [0, 0.05) is 0 Å². The molecule has 26 valence electrons. The van der Waals surface area contributed by atoms with Gasteiger partial charge in [0.1, 0.15) is 0 Å². The Hall–Kier alpha value is 0.740. The zero-order valence-electron chi connectivity index (χ0n) is 5.28. The van der Waals surface area contributed by atoms with E-state index < -0.39 is 0 Å². The molecule has 0 aromatic carbocycles. The van der Waals surface area contributed by atoms with Crippen molar-refractivity contribution in [3.63, 3.8) is 0 Å². The summed E-state index contributed by atoms with van der Waals surface area (Å²) in [6.45, 7) is 6.72. The average Bonchev–Trinajstić information content (AvgIpc) is 1.37. The van der Waals surface area contributed by atoms with Crippen molar-refractivity contribution in [1.82, 2.24) is 0 Å². The first-order valence-electron chi connectivity index (χ1n) is 1.15. The summed E-state index contributed by atoms with van der Waals surface area (Å²) in [5.74, 6) is 0. The van der Waals surface area contributed by atoms with Gasteiger partial charge >= 0.3 is 37.7 Å². The maximum atomic E-state index is 3.36. The number of rotatable bonds is 1.